The second kappa shape index (κ2) is 7.83. The molecule has 1 atom stereocenters. The molecule has 1 unspecified atom stereocenters. The van der Waals surface area contributed by atoms with Crippen LogP contribution >= 0.6 is 0 Å². The molecule has 1 saturated carbocycles. The second-order valence-corrected chi connectivity index (χ2v) is 5.10. The summed E-state index contributed by atoms with van der Waals surface area (Å²) >= 11 is 0. The van der Waals surface area contributed by atoms with E-state index in [4.69, 9.17) is 5.11 Å². The predicted octanol–water partition coefficient (Wildman–Crippen LogP) is 2.23. The molecule has 17 heavy (non-hydrogen) atoms. The van der Waals surface area contributed by atoms with Crippen molar-refractivity contribution in [3.05, 3.63) is 0 Å². The molecule has 100 valence electrons. The molecule has 1 N–H and O–H groups in total. The van der Waals surface area contributed by atoms with Crippen molar-refractivity contribution in [2.75, 3.05) is 19.7 Å². The minimum atomic E-state index is 0.192. The highest BCUT2D eigenvalue weighted by Gasteiger charge is 2.26. The van der Waals surface area contributed by atoms with Crippen molar-refractivity contribution in [3.8, 4) is 0 Å². The molecule has 1 fully saturated rings. The molecule has 0 aliphatic heterocycles. The quantitative estimate of drug-likeness (QED) is 0.743. The number of hydrogen-bond acceptors (Lipinski definition) is 3. The van der Waals surface area contributed by atoms with Gasteiger partial charge in [0.2, 0.25) is 0 Å². The fraction of sp³-hybridized carbons (Fsp3) is 0.929. The molecule has 0 saturated heterocycles. The Morgan fingerprint density at radius 1 is 1.35 bits per heavy atom. The van der Waals surface area contributed by atoms with Crippen molar-refractivity contribution in [1.29, 1.82) is 0 Å². The molecule has 0 aromatic carbocycles. The Balaban J connectivity index is 2.54. The maximum atomic E-state index is 11.8. The Kier molecular flexibility index (Phi) is 6.75. The average Bonchev–Trinajstić information content (AvgIpc) is 2.34. The van der Waals surface area contributed by atoms with E-state index in [0.29, 0.717) is 18.4 Å². The number of carbonyl (C=O) groups excluding carboxylic acids is 1. The molecule has 1 aliphatic carbocycles. The fourth-order valence-electron chi connectivity index (χ4n) is 2.89. The maximum Gasteiger partial charge on any atom is 0.137 e. The number of aliphatic hydroxyl groups excluding tert-OH is 1. The van der Waals surface area contributed by atoms with Crippen molar-refractivity contribution in [2.24, 2.45) is 5.92 Å². The van der Waals surface area contributed by atoms with Gasteiger partial charge in [-0.25, -0.2) is 0 Å². The van der Waals surface area contributed by atoms with Gasteiger partial charge in [-0.15, -0.1) is 0 Å². The van der Waals surface area contributed by atoms with Crippen LogP contribution in [-0.2, 0) is 4.79 Å². The summed E-state index contributed by atoms with van der Waals surface area (Å²) in [6.45, 7) is 6.11. The van der Waals surface area contributed by atoms with E-state index in [2.05, 4.69) is 18.7 Å². The summed E-state index contributed by atoms with van der Waals surface area (Å²) in [6.07, 6.45) is 6.25. The van der Waals surface area contributed by atoms with Crippen molar-refractivity contribution < 1.29 is 9.90 Å². The zero-order valence-electron chi connectivity index (χ0n) is 11.3. The van der Waals surface area contributed by atoms with Gasteiger partial charge in [-0.05, 0) is 25.7 Å². The number of Topliss-reactive ketones (excluding diaryl/α,β-unsaturated/α-hetero) is 1. The van der Waals surface area contributed by atoms with Crippen LogP contribution in [0.4, 0.5) is 0 Å². The van der Waals surface area contributed by atoms with Gasteiger partial charge in [0, 0.05) is 31.5 Å². The number of ketones is 1. The zero-order chi connectivity index (χ0) is 12.7. The topological polar surface area (TPSA) is 40.5 Å². The molecule has 0 aromatic rings. The summed E-state index contributed by atoms with van der Waals surface area (Å²) in [7, 11) is 0. The van der Waals surface area contributed by atoms with Gasteiger partial charge in [0.25, 0.3) is 0 Å². The summed E-state index contributed by atoms with van der Waals surface area (Å²) < 4.78 is 0. The lowest BCUT2D eigenvalue weighted by molar-refractivity contribution is -0.125. The van der Waals surface area contributed by atoms with E-state index < -0.39 is 0 Å². The van der Waals surface area contributed by atoms with Crippen molar-refractivity contribution >= 4 is 5.78 Å². The number of hydrogen-bond donors (Lipinski definition) is 1. The molecule has 0 aromatic heterocycles. The normalized spacial score (nSPS) is 21.5. The number of carbonyl (C=O) groups is 1. The van der Waals surface area contributed by atoms with E-state index in [1.165, 1.54) is 6.42 Å². The molecule has 0 amide bonds. The Bertz CT molecular complexity index is 226. The summed E-state index contributed by atoms with van der Waals surface area (Å²) in [5, 5.41) is 9.15. The van der Waals surface area contributed by atoms with E-state index in [0.717, 1.165) is 38.6 Å². The third kappa shape index (κ3) is 4.40. The van der Waals surface area contributed by atoms with Gasteiger partial charge in [0.1, 0.15) is 5.78 Å². The van der Waals surface area contributed by atoms with Gasteiger partial charge >= 0.3 is 0 Å². The Hall–Kier alpha value is -0.410. The van der Waals surface area contributed by atoms with Crippen molar-refractivity contribution in [3.63, 3.8) is 0 Å². The number of rotatable bonds is 7. The first kappa shape index (κ1) is 14.7. The van der Waals surface area contributed by atoms with Crippen molar-refractivity contribution in [1.82, 2.24) is 4.90 Å². The third-order valence-electron chi connectivity index (χ3n) is 3.98. The predicted molar refractivity (Wildman–Crippen MR) is 70.0 cm³/mol. The van der Waals surface area contributed by atoms with Crippen LogP contribution in [0, 0.1) is 5.92 Å². The van der Waals surface area contributed by atoms with Gasteiger partial charge < -0.3 is 5.11 Å². The number of nitrogens with zero attached hydrogens (tertiary/aromatic N) is 1. The van der Waals surface area contributed by atoms with E-state index >= 15 is 0 Å². The molecule has 3 nitrogen and oxygen atoms in total. The Labute approximate surface area is 105 Å². The van der Waals surface area contributed by atoms with Crippen LogP contribution in [-0.4, -0.2) is 41.5 Å². The highest BCUT2D eigenvalue weighted by atomic mass is 16.3. The highest BCUT2D eigenvalue weighted by molar-refractivity contribution is 5.81. The van der Waals surface area contributed by atoms with Gasteiger partial charge in [-0.2, -0.15) is 0 Å². The fourth-order valence-corrected chi connectivity index (χ4v) is 2.89. The van der Waals surface area contributed by atoms with E-state index in [1.807, 2.05) is 0 Å². The van der Waals surface area contributed by atoms with Crippen LogP contribution in [0.2, 0.25) is 0 Å². The van der Waals surface area contributed by atoms with Gasteiger partial charge in [-0.1, -0.05) is 20.3 Å². The maximum absolute atomic E-state index is 11.8. The van der Waals surface area contributed by atoms with Crippen LogP contribution < -0.4 is 0 Å². The van der Waals surface area contributed by atoms with Crippen LogP contribution in [0.3, 0.4) is 0 Å². The van der Waals surface area contributed by atoms with Crippen LogP contribution in [0.25, 0.3) is 0 Å². The molecule has 0 bridgehead atoms. The number of aliphatic hydroxyl groups is 1. The molecule has 1 aliphatic rings. The average molecular weight is 241 g/mol. The second-order valence-electron chi connectivity index (χ2n) is 5.10. The summed E-state index contributed by atoms with van der Waals surface area (Å²) in [5.41, 5.74) is 0. The Morgan fingerprint density at radius 2 is 2.06 bits per heavy atom. The molecule has 0 radical (unpaired) electrons. The van der Waals surface area contributed by atoms with Crippen molar-refractivity contribution in [2.45, 2.75) is 58.4 Å². The SMILES string of the molecule is CCC(CC)N(CCO)CC1CCCCC1=O. The summed E-state index contributed by atoms with van der Waals surface area (Å²) in [4.78, 5) is 14.2. The van der Waals surface area contributed by atoms with Gasteiger partial charge in [0.15, 0.2) is 0 Å². The monoisotopic (exact) mass is 241 g/mol. The first-order valence-electron chi connectivity index (χ1n) is 7.10. The molecule has 0 heterocycles. The van der Waals surface area contributed by atoms with Crippen LogP contribution in [0.5, 0.6) is 0 Å². The van der Waals surface area contributed by atoms with Crippen LogP contribution in [0.1, 0.15) is 52.4 Å². The highest BCUT2D eigenvalue weighted by Crippen LogP contribution is 2.23. The third-order valence-corrected chi connectivity index (χ3v) is 3.98. The lowest BCUT2D eigenvalue weighted by Gasteiger charge is -2.33. The molecule has 0 spiro atoms. The smallest absolute Gasteiger partial charge is 0.137 e. The van der Waals surface area contributed by atoms with Gasteiger partial charge in [-0.3, -0.25) is 9.69 Å². The van der Waals surface area contributed by atoms with Gasteiger partial charge in [0.05, 0.1) is 6.61 Å². The largest absolute Gasteiger partial charge is 0.395 e. The van der Waals surface area contributed by atoms with E-state index in [9.17, 15) is 4.79 Å². The zero-order valence-corrected chi connectivity index (χ0v) is 11.3. The van der Waals surface area contributed by atoms with E-state index in [1.54, 1.807) is 0 Å². The molecule has 1 rings (SSSR count). The minimum absolute atomic E-state index is 0.192. The first-order valence-corrected chi connectivity index (χ1v) is 7.10. The standard InChI is InChI=1S/C14H27NO2/c1-3-13(4-2)15(9-10-16)11-12-7-5-6-8-14(12)17/h12-13,16H,3-11H2,1-2H3. The summed E-state index contributed by atoms with van der Waals surface area (Å²) in [5.74, 6) is 0.654. The minimum Gasteiger partial charge on any atom is -0.395 e. The lowest BCUT2D eigenvalue weighted by Crippen LogP contribution is -2.42. The molecular weight excluding hydrogens is 214 g/mol. The lowest BCUT2D eigenvalue weighted by atomic mass is 9.87. The molecule has 3 heteroatoms. The molecular formula is C14H27NO2. The first-order chi connectivity index (χ1) is 8.22. The van der Waals surface area contributed by atoms with E-state index in [-0.39, 0.29) is 12.5 Å². The van der Waals surface area contributed by atoms with Crippen LogP contribution in [0.15, 0.2) is 0 Å². The summed E-state index contributed by atoms with van der Waals surface area (Å²) in [6, 6.07) is 0.511. The Morgan fingerprint density at radius 3 is 2.59 bits per heavy atom.